The summed E-state index contributed by atoms with van der Waals surface area (Å²) in [6.07, 6.45) is 6.63. The van der Waals surface area contributed by atoms with Crippen molar-refractivity contribution < 1.29 is 13.2 Å². The molecule has 1 aromatic carbocycles. The Morgan fingerprint density at radius 1 is 1.15 bits per heavy atom. The molecule has 4 aromatic rings. The van der Waals surface area contributed by atoms with E-state index in [1.54, 1.807) is 18.5 Å². The van der Waals surface area contributed by atoms with Crippen molar-refractivity contribution in [1.82, 2.24) is 24.5 Å². The largest absolute Gasteiger partial charge is 0.408 e. The topological polar surface area (TPSA) is 72.4 Å². The first kappa shape index (κ1) is 21.4. The summed E-state index contributed by atoms with van der Waals surface area (Å²) in [4.78, 5) is 4.32. The first-order valence-electron chi connectivity index (χ1n) is 10.8. The molecule has 5 rings (SSSR count). The lowest BCUT2D eigenvalue weighted by atomic mass is 9.58. The van der Waals surface area contributed by atoms with Gasteiger partial charge in [0.25, 0.3) is 0 Å². The first-order valence-corrected chi connectivity index (χ1v) is 10.8. The van der Waals surface area contributed by atoms with Crippen LogP contribution in [0, 0.1) is 11.3 Å². The number of alkyl halides is 3. The third-order valence-corrected chi connectivity index (χ3v) is 6.77. The highest BCUT2D eigenvalue weighted by Crippen LogP contribution is 2.49. The summed E-state index contributed by atoms with van der Waals surface area (Å²) in [5.74, 6) is 0.154. The van der Waals surface area contributed by atoms with Crippen LogP contribution < -0.4 is 0 Å². The molecule has 0 amide bonds. The van der Waals surface area contributed by atoms with E-state index in [1.165, 1.54) is 24.2 Å². The molecule has 0 aliphatic heterocycles. The SMILES string of the molecule is CC(C=N)C1(c2ccc3cnn(-c4ccnc(-c5cnn(CC(F)(F)F)c5)c4)c3c2)CCC1. The number of fused-ring (bicyclic) bond motifs is 1. The number of nitrogens with one attached hydrogen (secondary N) is 1. The van der Waals surface area contributed by atoms with Crippen molar-refractivity contribution in [3.8, 4) is 16.9 Å². The Kier molecular flexibility index (Phi) is 5.07. The molecule has 0 saturated heterocycles. The first-order chi connectivity index (χ1) is 15.8. The summed E-state index contributed by atoms with van der Waals surface area (Å²) in [7, 11) is 0. The van der Waals surface area contributed by atoms with Gasteiger partial charge in [-0.25, -0.2) is 4.68 Å². The predicted molar refractivity (Wildman–Crippen MR) is 120 cm³/mol. The van der Waals surface area contributed by atoms with Gasteiger partial charge in [-0.3, -0.25) is 9.67 Å². The number of hydrogen-bond donors (Lipinski definition) is 1. The van der Waals surface area contributed by atoms with Crippen LogP contribution in [0.1, 0.15) is 31.7 Å². The van der Waals surface area contributed by atoms with Gasteiger partial charge in [-0.15, -0.1) is 0 Å². The number of halogens is 3. The van der Waals surface area contributed by atoms with Crippen molar-refractivity contribution in [2.75, 3.05) is 0 Å². The summed E-state index contributed by atoms with van der Waals surface area (Å²) >= 11 is 0. The average Bonchev–Trinajstić information content (AvgIpc) is 3.38. The lowest BCUT2D eigenvalue weighted by molar-refractivity contribution is -0.142. The van der Waals surface area contributed by atoms with Crippen molar-refractivity contribution in [1.29, 1.82) is 5.41 Å². The molecule has 33 heavy (non-hydrogen) atoms. The molecule has 0 spiro atoms. The summed E-state index contributed by atoms with van der Waals surface area (Å²) in [6.45, 7) is 0.955. The zero-order valence-electron chi connectivity index (χ0n) is 18.0. The zero-order chi connectivity index (χ0) is 23.2. The van der Waals surface area contributed by atoms with E-state index in [0.29, 0.717) is 11.3 Å². The van der Waals surface area contributed by atoms with Gasteiger partial charge in [-0.05, 0) is 42.8 Å². The summed E-state index contributed by atoms with van der Waals surface area (Å²) in [6, 6.07) is 9.98. The van der Waals surface area contributed by atoms with Gasteiger partial charge in [-0.1, -0.05) is 25.5 Å². The summed E-state index contributed by atoms with van der Waals surface area (Å²) in [5.41, 5.74) is 3.93. The standard InChI is InChI=1S/C24H23F3N6/c1-16(11-28)23(6-2-7-23)19-4-3-17-12-31-33(22(17)9-19)20-5-8-29-21(10-20)18-13-30-32(14-18)15-24(25,26)27/h3-5,8-14,16,28H,2,6-7,15H2,1H3. The minimum atomic E-state index is -4.34. The van der Waals surface area contributed by atoms with Crippen molar-refractivity contribution in [2.24, 2.45) is 5.92 Å². The number of nitrogens with zero attached hydrogens (tertiary/aromatic N) is 5. The lowest BCUT2D eigenvalue weighted by Gasteiger charge is -2.46. The second-order valence-electron chi connectivity index (χ2n) is 8.74. The maximum Gasteiger partial charge on any atom is 0.408 e. The van der Waals surface area contributed by atoms with Crippen LogP contribution >= 0.6 is 0 Å². The summed E-state index contributed by atoms with van der Waals surface area (Å²) < 4.78 is 40.7. The Balaban J connectivity index is 1.52. The van der Waals surface area contributed by atoms with Crippen LogP contribution in [0.4, 0.5) is 13.2 Å². The molecule has 1 atom stereocenters. The van der Waals surface area contributed by atoms with Crippen molar-refractivity contribution >= 4 is 17.1 Å². The molecule has 6 nitrogen and oxygen atoms in total. The van der Waals surface area contributed by atoms with Gasteiger partial charge in [0.05, 0.1) is 29.3 Å². The Morgan fingerprint density at radius 3 is 2.67 bits per heavy atom. The van der Waals surface area contributed by atoms with Gasteiger partial charge in [0, 0.05) is 34.7 Å². The van der Waals surface area contributed by atoms with Crippen LogP contribution in [-0.4, -0.2) is 36.9 Å². The number of hydrogen-bond acceptors (Lipinski definition) is 4. The minimum absolute atomic E-state index is 0.0124. The third kappa shape index (κ3) is 3.81. The third-order valence-electron chi connectivity index (χ3n) is 6.77. The molecular formula is C24H23F3N6. The highest BCUT2D eigenvalue weighted by molar-refractivity contribution is 5.82. The second-order valence-corrected chi connectivity index (χ2v) is 8.74. The van der Waals surface area contributed by atoms with Crippen LogP contribution in [0.5, 0.6) is 0 Å². The smallest absolute Gasteiger partial charge is 0.313 e. The molecule has 3 aromatic heterocycles. The molecule has 0 radical (unpaired) electrons. The predicted octanol–water partition coefficient (Wildman–Crippen LogP) is 5.55. The van der Waals surface area contributed by atoms with Crippen LogP contribution in [-0.2, 0) is 12.0 Å². The van der Waals surface area contributed by atoms with E-state index in [2.05, 4.69) is 40.3 Å². The molecule has 1 N–H and O–H groups in total. The lowest BCUT2D eigenvalue weighted by Crippen LogP contribution is -2.41. The summed E-state index contributed by atoms with van der Waals surface area (Å²) in [5, 5.41) is 17.2. The molecule has 1 unspecified atom stereocenters. The number of pyridine rings is 1. The Hall–Kier alpha value is -3.49. The van der Waals surface area contributed by atoms with Crippen LogP contribution in [0.25, 0.3) is 27.8 Å². The molecular weight excluding hydrogens is 429 g/mol. The number of rotatable bonds is 6. The molecule has 1 fully saturated rings. The van der Waals surface area contributed by atoms with E-state index in [0.717, 1.165) is 40.5 Å². The number of benzene rings is 1. The van der Waals surface area contributed by atoms with Gasteiger partial charge < -0.3 is 5.41 Å². The Labute approximate surface area is 188 Å². The van der Waals surface area contributed by atoms with Crippen molar-refractivity contribution in [2.45, 2.75) is 44.3 Å². The molecule has 9 heteroatoms. The van der Waals surface area contributed by atoms with Crippen LogP contribution in [0.2, 0.25) is 0 Å². The van der Waals surface area contributed by atoms with E-state index in [1.807, 2.05) is 10.7 Å². The fraction of sp³-hybridized carbons (Fsp3) is 0.333. The van der Waals surface area contributed by atoms with Gasteiger partial charge in [-0.2, -0.15) is 23.4 Å². The van der Waals surface area contributed by atoms with Gasteiger partial charge >= 0.3 is 6.18 Å². The van der Waals surface area contributed by atoms with Crippen molar-refractivity contribution in [3.05, 3.63) is 60.7 Å². The van der Waals surface area contributed by atoms with Crippen molar-refractivity contribution in [3.63, 3.8) is 0 Å². The monoisotopic (exact) mass is 452 g/mol. The van der Waals surface area contributed by atoms with E-state index in [4.69, 9.17) is 5.41 Å². The highest BCUT2D eigenvalue weighted by Gasteiger charge is 2.42. The zero-order valence-corrected chi connectivity index (χ0v) is 18.0. The van der Waals surface area contributed by atoms with Crippen LogP contribution in [0.3, 0.4) is 0 Å². The average molecular weight is 452 g/mol. The van der Waals surface area contributed by atoms with Gasteiger partial charge in [0.1, 0.15) is 6.54 Å². The Morgan fingerprint density at radius 2 is 1.97 bits per heavy atom. The van der Waals surface area contributed by atoms with Gasteiger partial charge in [0.2, 0.25) is 0 Å². The van der Waals surface area contributed by atoms with Gasteiger partial charge in [0.15, 0.2) is 0 Å². The van der Waals surface area contributed by atoms with E-state index < -0.39 is 12.7 Å². The fourth-order valence-corrected chi connectivity index (χ4v) is 4.73. The molecule has 1 aliphatic carbocycles. The maximum atomic E-state index is 12.7. The fourth-order valence-electron chi connectivity index (χ4n) is 4.73. The molecule has 1 aliphatic rings. The molecule has 1 saturated carbocycles. The maximum absolute atomic E-state index is 12.7. The van der Waals surface area contributed by atoms with E-state index >= 15 is 0 Å². The number of aromatic nitrogens is 5. The highest BCUT2D eigenvalue weighted by atomic mass is 19.4. The molecule has 170 valence electrons. The quantitative estimate of drug-likeness (QED) is 0.390. The minimum Gasteiger partial charge on any atom is -0.313 e. The Bertz CT molecular complexity index is 1320. The van der Waals surface area contributed by atoms with Crippen LogP contribution in [0.15, 0.2) is 55.1 Å². The van der Waals surface area contributed by atoms with E-state index in [-0.39, 0.29) is 11.3 Å². The normalized spacial score (nSPS) is 16.5. The molecule has 0 bridgehead atoms. The molecule has 3 heterocycles. The second kappa shape index (κ2) is 7.83. The van der Waals surface area contributed by atoms with E-state index in [9.17, 15) is 13.2 Å².